The zero-order valence-electron chi connectivity index (χ0n) is 24.0. The fraction of sp³-hybridized carbons (Fsp3) is 0.219. The van der Waals surface area contributed by atoms with Crippen LogP contribution in [-0.2, 0) is 9.84 Å². The average Bonchev–Trinajstić information content (AvgIpc) is 3.37. The SMILES string of the molecule is CN1CC2(C1)CN(c1cc(NC(=O)c3ccc4nc(-c5cc(-c6cccnc6Cl)ccc5O)[nH]c4c3)ccc1S(C)(=O)=O)C2. The molecule has 224 valence electrons. The molecule has 44 heavy (non-hydrogen) atoms. The number of likely N-dealkylation sites (tertiary alicyclic amines) is 1. The Hall–Kier alpha value is -4.45. The van der Waals surface area contributed by atoms with Crippen molar-refractivity contribution in [1.82, 2.24) is 19.9 Å². The van der Waals surface area contributed by atoms with Gasteiger partial charge in [-0.2, -0.15) is 0 Å². The van der Waals surface area contributed by atoms with Crippen LogP contribution in [0.25, 0.3) is 33.5 Å². The Labute approximate surface area is 259 Å². The van der Waals surface area contributed by atoms with Gasteiger partial charge in [-0.3, -0.25) is 4.79 Å². The third kappa shape index (κ3) is 5.06. The average molecular weight is 629 g/mol. The van der Waals surface area contributed by atoms with Gasteiger partial charge in [0.15, 0.2) is 9.84 Å². The molecule has 0 atom stereocenters. The number of pyridine rings is 1. The minimum absolute atomic E-state index is 0.0385. The molecule has 4 heterocycles. The maximum absolute atomic E-state index is 13.3. The number of sulfone groups is 1. The molecular formula is C32H29ClN6O4S. The molecule has 0 aliphatic carbocycles. The summed E-state index contributed by atoms with van der Waals surface area (Å²) in [6.07, 6.45) is 2.81. The number of aromatic amines is 1. The van der Waals surface area contributed by atoms with Gasteiger partial charge in [0.2, 0.25) is 0 Å². The van der Waals surface area contributed by atoms with E-state index in [1.165, 1.54) is 6.26 Å². The van der Waals surface area contributed by atoms with Crippen LogP contribution in [0.4, 0.5) is 11.4 Å². The lowest BCUT2D eigenvalue weighted by Gasteiger charge is -2.60. The van der Waals surface area contributed by atoms with Crippen molar-refractivity contribution >= 4 is 49.8 Å². The largest absolute Gasteiger partial charge is 0.507 e. The Morgan fingerprint density at radius 1 is 1.02 bits per heavy atom. The third-order valence-electron chi connectivity index (χ3n) is 8.29. The topological polar surface area (TPSA) is 132 Å². The van der Waals surface area contributed by atoms with Crippen LogP contribution < -0.4 is 10.2 Å². The van der Waals surface area contributed by atoms with Crippen LogP contribution >= 0.6 is 11.6 Å². The molecule has 3 aromatic carbocycles. The summed E-state index contributed by atoms with van der Waals surface area (Å²) in [5.41, 5.74) is 4.92. The maximum atomic E-state index is 13.3. The summed E-state index contributed by atoms with van der Waals surface area (Å²) in [6.45, 7) is 3.55. The minimum Gasteiger partial charge on any atom is -0.507 e. The molecule has 10 nitrogen and oxygen atoms in total. The molecule has 0 saturated carbocycles. The minimum atomic E-state index is -3.46. The van der Waals surface area contributed by atoms with E-state index in [9.17, 15) is 18.3 Å². The van der Waals surface area contributed by atoms with E-state index in [-0.39, 0.29) is 22.0 Å². The summed E-state index contributed by atoms with van der Waals surface area (Å²) in [6, 6.07) is 18.8. The second-order valence-electron chi connectivity index (χ2n) is 11.8. The summed E-state index contributed by atoms with van der Waals surface area (Å²) in [5, 5.41) is 13.9. The zero-order valence-corrected chi connectivity index (χ0v) is 25.6. The zero-order chi connectivity index (χ0) is 30.8. The van der Waals surface area contributed by atoms with Gasteiger partial charge >= 0.3 is 0 Å². The number of nitrogens with zero attached hydrogens (tertiary/aromatic N) is 4. The summed E-state index contributed by atoms with van der Waals surface area (Å²) in [4.78, 5) is 29.9. The van der Waals surface area contributed by atoms with Crippen molar-refractivity contribution in [3.8, 4) is 28.3 Å². The molecule has 1 amide bonds. The number of rotatable bonds is 6. The van der Waals surface area contributed by atoms with Crippen LogP contribution in [0, 0.1) is 5.41 Å². The third-order valence-corrected chi connectivity index (χ3v) is 9.73. The summed E-state index contributed by atoms with van der Waals surface area (Å²) >= 11 is 6.29. The molecule has 3 N–H and O–H groups in total. The van der Waals surface area contributed by atoms with Crippen molar-refractivity contribution in [3.05, 3.63) is 83.6 Å². The molecular weight excluding hydrogens is 600 g/mol. The van der Waals surface area contributed by atoms with Gasteiger partial charge in [-0.15, -0.1) is 0 Å². The number of hydrogen-bond acceptors (Lipinski definition) is 8. The molecule has 5 aromatic rings. The van der Waals surface area contributed by atoms with E-state index in [0.717, 1.165) is 37.3 Å². The lowest BCUT2D eigenvalue weighted by atomic mass is 9.73. The van der Waals surface area contributed by atoms with E-state index in [4.69, 9.17) is 11.6 Å². The number of carbonyl (C=O) groups excluding carboxylic acids is 1. The maximum Gasteiger partial charge on any atom is 0.255 e. The van der Waals surface area contributed by atoms with Crippen molar-refractivity contribution in [2.45, 2.75) is 4.90 Å². The number of nitrogens with one attached hydrogen (secondary N) is 2. The Bertz CT molecular complexity index is 2060. The standard InChI is InChI=1S/C32H29ClN6O4S/c1-38-15-32(16-38)17-39(18-32)26-14-21(7-10-28(26)44(2,42)43)35-31(41)20-5-8-24-25(13-20)37-30(36-24)23-12-19(6-9-27(23)40)22-4-3-11-34-29(22)33/h3-14,40H,15-18H2,1-2H3,(H,35,41)(H,36,37). The highest BCUT2D eigenvalue weighted by molar-refractivity contribution is 7.90. The van der Waals surface area contributed by atoms with E-state index < -0.39 is 9.84 Å². The van der Waals surface area contributed by atoms with Crippen molar-refractivity contribution in [3.63, 3.8) is 0 Å². The van der Waals surface area contributed by atoms with E-state index >= 15 is 0 Å². The molecule has 0 radical (unpaired) electrons. The summed E-state index contributed by atoms with van der Waals surface area (Å²) < 4.78 is 25.1. The Morgan fingerprint density at radius 2 is 1.82 bits per heavy atom. The molecule has 0 bridgehead atoms. The number of phenolic OH excluding ortho intramolecular Hbond substituents is 1. The number of aromatic nitrogens is 3. The number of fused-ring (bicyclic) bond motifs is 1. The first-order valence-electron chi connectivity index (χ1n) is 14.0. The highest BCUT2D eigenvalue weighted by Gasteiger charge is 2.51. The van der Waals surface area contributed by atoms with Gasteiger partial charge in [-0.1, -0.05) is 17.7 Å². The van der Waals surface area contributed by atoms with Gasteiger partial charge < -0.3 is 25.2 Å². The van der Waals surface area contributed by atoms with Crippen molar-refractivity contribution in [1.29, 1.82) is 0 Å². The molecule has 7 rings (SSSR count). The molecule has 1 spiro atoms. The van der Waals surface area contributed by atoms with Gasteiger partial charge in [0, 0.05) is 60.9 Å². The van der Waals surface area contributed by atoms with Crippen LogP contribution in [0.3, 0.4) is 0 Å². The number of amides is 1. The number of phenols is 1. The van der Waals surface area contributed by atoms with E-state index in [1.807, 2.05) is 6.07 Å². The normalized spacial score (nSPS) is 16.1. The number of imidazole rings is 1. The summed E-state index contributed by atoms with van der Waals surface area (Å²) in [7, 11) is -1.38. The molecule has 0 unspecified atom stereocenters. The van der Waals surface area contributed by atoms with Crippen molar-refractivity contribution in [2.75, 3.05) is 49.7 Å². The molecule has 2 fully saturated rings. The Morgan fingerprint density at radius 3 is 2.55 bits per heavy atom. The first kappa shape index (κ1) is 28.3. The first-order chi connectivity index (χ1) is 21.0. The number of H-pyrrole nitrogens is 1. The quantitative estimate of drug-likeness (QED) is 0.223. The molecule has 2 aliphatic rings. The van der Waals surface area contributed by atoms with E-state index in [1.54, 1.807) is 66.9 Å². The number of anilines is 2. The highest BCUT2D eigenvalue weighted by Crippen LogP contribution is 2.43. The van der Waals surface area contributed by atoms with Gasteiger partial charge in [-0.05, 0) is 73.3 Å². The Balaban J connectivity index is 1.14. The van der Waals surface area contributed by atoms with Crippen molar-refractivity contribution < 1.29 is 18.3 Å². The van der Waals surface area contributed by atoms with E-state index in [0.29, 0.717) is 44.5 Å². The lowest BCUT2D eigenvalue weighted by molar-refractivity contribution is -0.00264. The molecule has 2 saturated heterocycles. The predicted octanol–water partition coefficient (Wildman–Crippen LogP) is 5.06. The number of halogens is 1. The van der Waals surface area contributed by atoms with Gasteiger partial charge in [0.1, 0.15) is 16.7 Å². The monoisotopic (exact) mass is 628 g/mol. The van der Waals surface area contributed by atoms with Crippen LogP contribution in [-0.4, -0.2) is 78.8 Å². The first-order valence-corrected chi connectivity index (χ1v) is 16.3. The van der Waals surface area contributed by atoms with Gasteiger partial charge in [0.05, 0.1) is 27.2 Å². The number of carbonyl (C=O) groups is 1. The number of hydrogen-bond donors (Lipinski definition) is 3. The second-order valence-corrected chi connectivity index (χ2v) is 14.2. The van der Waals surface area contributed by atoms with E-state index in [2.05, 4.69) is 37.1 Å². The molecule has 2 aliphatic heterocycles. The summed E-state index contributed by atoms with van der Waals surface area (Å²) in [5.74, 6) is 0.123. The highest BCUT2D eigenvalue weighted by atomic mass is 35.5. The van der Waals surface area contributed by atoms with Crippen LogP contribution in [0.15, 0.2) is 77.8 Å². The molecule has 12 heteroatoms. The predicted molar refractivity (Wildman–Crippen MR) is 171 cm³/mol. The lowest BCUT2D eigenvalue weighted by Crippen LogP contribution is -2.71. The van der Waals surface area contributed by atoms with Crippen LogP contribution in [0.2, 0.25) is 5.15 Å². The van der Waals surface area contributed by atoms with Crippen LogP contribution in [0.5, 0.6) is 5.75 Å². The fourth-order valence-corrected chi connectivity index (χ4v) is 7.48. The number of benzene rings is 3. The van der Waals surface area contributed by atoms with Gasteiger partial charge in [0.25, 0.3) is 5.91 Å². The fourth-order valence-electron chi connectivity index (χ4n) is 6.36. The van der Waals surface area contributed by atoms with Crippen molar-refractivity contribution in [2.24, 2.45) is 5.41 Å². The smallest absolute Gasteiger partial charge is 0.255 e. The van der Waals surface area contributed by atoms with Crippen LogP contribution in [0.1, 0.15) is 10.4 Å². The van der Waals surface area contributed by atoms with Gasteiger partial charge in [-0.25, -0.2) is 18.4 Å². The second kappa shape index (κ2) is 10.3. The Kier molecular flexibility index (Phi) is 6.65. The molecule has 2 aromatic heterocycles. The number of aromatic hydroxyl groups is 1.